The summed E-state index contributed by atoms with van der Waals surface area (Å²) in [6.07, 6.45) is 11.1. The van der Waals surface area contributed by atoms with E-state index in [0.717, 1.165) is 19.3 Å². The Hall–Kier alpha value is -2.54. The fourth-order valence-corrected chi connectivity index (χ4v) is 4.42. The van der Waals surface area contributed by atoms with E-state index in [-0.39, 0.29) is 27.2 Å². The Morgan fingerprint density at radius 2 is 1.29 bits per heavy atom. The SMILES string of the molecule is CCCCCCCCCCCC(=[N])OOc1ccc(S(=O)(=O)c2ccc(O)cc2)cc1. The quantitative estimate of drug-likeness (QED) is 0.133. The van der Waals surface area contributed by atoms with E-state index >= 15 is 0 Å². The number of sulfone groups is 1. The van der Waals surface area contributed by atoms with Crippen molar-refractivity contribution in [1.82, 2.24) is 5.41 Å². The van der Waals surface area contributed by atoms with Crippen molar-refractivity contribution in [2.24, 2.45) is 0 Å². The molecule has 0 heterocycles. The summed E-state index contributed by atoms with van der Waals surface area (Å²) in [6.45, 7) is 2.22. The van der Waals surface area contributed by atoms with Gasteiger partial charge in [-0.1, -0.05) is 58.3 Å². The van der Waals surface area contributed by atoms with Crippen molar-refractivity contribution in [3.05, 3.63) is 48.5 Å². The van der Waals surface area contributed by atoms with Gasteiger partial charge in [-0.15, -0.1) is 5.41 Å². The van der Waals surface area contributed by atoms with Crippen molar-refractivity contribution in [3.8, 4) is 11.5 Å². The molecule has 1 N–H and O–H groups in total. The predicted molar refractivity (Wildman–Crippen MR) is 121 cm³/mol. The first kappa shape index (κ1) is 24.7. The number of hydrogen-bond donors (Lipinski definition) is 1. The summed E-state index contributed by atoms with van der Waals surface area (Å²) in [5.41, 5.74) is 0. The Bertz CT molecular complexity index is 893. The van der Waals surface area contributed by atoms with Gasteiger partial charge in [0.1, 0.15) is 5.75 Å². The van der Waals surface area contributed by atoms with Crippen molar-refractivity contribution < 1.29 is 23.3 Å². The van der Waals surface area contributed by atoms with Gasteiger partial charge in [0, 0.05) is 6.42 Å². The Morgan fingerprint density at radius 1 is 0.806 bits per heavy atom. The number of phenolic OH excluding ortho intramolecular Hbond substituents is 1. The fourth-order valence-electron chi connectivity index (χ4n) is 3.16. The highest BCUT2D eigenvalue weighted by atomic mass is 32.2. The zero-order valence-electron chi connectivity index (χ0n) is 18.1. The lowest BCUT2D eigenvalue weighted by atomic mass is 10.1. The first-order valence-corrected chi connectivity index (χ1v) is 12.5. The predicted octanol–water partition coefficient (Wildman–Crippen LogP) is 5.65. The third kappa shape index (κ3) is 8.61. The van der Waals surface area contributed by atoms with Crippen LogP contribution in [0.3, 0.4) is 0 Å². The van der Waals surface area contributed by atoms with E-state index in [4.69, 9.17) is 9.78 Å². The second-order valence-corrected chi connectivity index (χ2v) is 9.56. The number of phenols is 1. The summed E-state index contributed by atoms with van der Waals surface area (Å²) in [5.74, 6) is 0.0883. The molecule has 0 saturated heterocycles. The van der Waals surface area contributed by atoms with Crippen LogP contribution in [-0.2, 0) is 14.7 Å². The molecule has 0 spiro atoms. The van der Waals surface area contributed by atoms with Crippen LogP contribution < -0.4 is 10.3 Å². The van der Waals surface area contributed by atoms with Gasteiger partial charge in [-0.05, 0) is 55.0 Å². The molecule has 0 atom stereocenters. The van der Waals surface area contributed by atoms with E-state index in [2.05, 4.69) is 6.92 Å². The third-order valence-electron chi connectivity index (χ3n) is 5.01. The smallest absolute Gasteiger partial charge is 0.264 e. The van der Waals surface area contributed by atoms with E-state index in [1.165, 1.54) is 87.1 Å². The van der Waals surface area contributed by atoms with Crippen LogP contribution in [0.4, 0.5) is 0 Å². The average molecular weight is 447 g/mol. The molecule has 0 aromatic heterocycles. The highest BCUT2D eigenvalue weighted by Crippen LogP contribution is 2.24. The molecule has 0 bridgehead atoms. The molecule has 2 rings (SSSR count). The lowest BCUT2D eigenvalue weighted by molar-refractivity contribution is -0.119. The first-order valence-electron chi connectivity index (χ1n) is 11.0. The molecule has 0 amide bonds. The topological polar surface area (TPSA) is 95.1 Å². The van der Waals surface area contributed by atoms with Gasteiger partial charge in [0.15, 0.2) is 5.75 Å². The van der Waals surface area contributed by atoms with Crippen molar-refractivity contribution in [2.45, 2.75) is 80.9 Å². The van der Waals surface area contributed by atoms with E-state index < -0.39 is 9.84 Å². The number of aromatic hydroxyl groups is 1. The maximum atomic E-state index is 12.6. The van der Waals surface area contributed by atoms with Crippen LogP contribution in [-0.4, -0.2) is 19.4 Å². The number of nitrogens with zero attached hydrogens (tertiary/aromatic N) is 1. The number of hydrogen-bond acceptors (Lipinski definition) is 5. The van der Waals surface area contributed by atoms with Gasteiger partial charge in [-0.25, -0.2) is 8.42 Å². The lowest BCUT2D eigenvalue weighted by Crippen LogP contribution is -2.09. The minimum absolute atomic E-state index is 0.00156. The molecule has 2 aromatic rings. The maximum Gasteiger partial charge on any atom is 0.264 e. The number of unbranched alkanes of at least 4 members (excludes halogenated alkanes) is 8. The van der Waals surface area contributed by atoms with Gasteiger partial charge in [0.2, 0.25) is 9.84 Å². The molecule has 31 heavy (non-hydrogen) atoms. The van der Waals surface area contributed by atoms with E-state index in [0.29, 0.717) is 6.42 Å². The van der Waals surface area contributed by atoms with Gasteiger partial charge in [0.25, 0.3) is 5.90 Å². The normalized spacial score (nSPS) is 11.3. The van der Waals surface area contributed by atoms with E-state index in [1.807, 2.05) is 0 Å². The molecule has 7 heteroatoms. The molecule has 0 aliphatic rings. The Balaban J connectivity index is 1.68. The molecule has 0 saturated carbocycles. The molecule has 0 unspecified atom stereocenters. The molecule has 0 aliphatic carbocycles. The minimum Gasteiger partial charge on any atom is -0.508 e. The Labute approximate surface area is 185 Å². The van der Waals surface area contributed by atoms with Crippen LogP contribution in [0.15, 0.2) is 58.3 Å². The van der Waals surface area contributed by atoms with Crippen molar-refractivity contribution in [3.63, 3.8) is 0 Å². The van der Waals surface area contributed by atoms with Crippen molar-refractivity contribution >= 4 is 15.7 Å². The second kappa shape index (κ2) is 13.0. The molecule has 169 valence electrons. The summed E-state index contributed by atoms with van der Waals surface area (Å²) in [4.78, 5) is 10.2. The number of benzene rings is 2. The average Bonchev–Trinajstić information content (AvgIpc) is 2.77. The van der Waals surface area contributed by atoms with Gasteiger partial charge >= 0.3 is 0 Å². The first-order chi connectivity index (χ1) is 14.9. The van der Waals surface area contributed by atoms with Gasteiger partial charge in [-0.2, -0.15) is 0 Å². The molecule has 0 aliphatic heterocycles. The summed E-state index contributed by atoms with van der Waals surface area (Å²) < 4.78 is 25.2. The van der Waals surface area contributed by atoms with Crippen LogP contribution >= 0.6 is 0 Å². The molecular formula is C24H32NO5S. The van der Waals surface area contributed by atoms with Crippen LogP contribution in [0, 0.1) is 0 Å². The monoisotopic (exact) mass is 446 g/mol. The summed E-state index contributed by atoms with van der Waals surface area (Å²) >= 11 is 0. The molecule has 6 nitrogen and oxygen atoms in total. The van der Waals surface area contributed by atoms with Crippen LogP contribution in [0.25, 0.3) is 0 Å². The van der Waals surface area contributed by atoms with Gasteiger partial charge in [-0.3, -0.25) is 9.78 Å². The van der Waals surface area contributed by atoms with Gasteiger partial charge in [0.05, 0.1) is 9.79 Å². The second-order valence-electron chi connectivity index (χ2n) is 7.61. The standard InChI is InChI=1S/C24H32NO5S/c1-2-3-4-5-6-7-8-9-10-11-24(25)30-29-21-14-18-23(19-15-21)31(27,28)22-16-12-20(26)13-17-22/h12-19,26H,2-11H2,1H3. The van der Waals surface area contributed by atoms with E-state index in [9.17, 15) is 18.9 Å². The molecular weight excluding hydrogens is 414 g/mol. The Morgan fingerprint density at radius 3 is 1.84 bits per heavy atom. The highest BCUT2D eigenvalue weighted by Gasteiger charge is 2.17. The minimum atomic E-state index is -3.69. The maximum absolute atomic E-state index is 12.6. The van der Waals surface area contributed by atoms with Crippen molar-refractivity contribution in [2.75, 3.05) is 0 Å². The largest absolute Gasteiger partial charge is 0.508 e. The third-order valence-corrected chi connectivity index (χ3v) is 6.79. The van der Waals surface area contributed by atoms with Gasteiger partial charge < -0.3 is 5.11 Å². The van der Waals surface area contributed by atoms with Crippen molar-refractivity contribution in [1.29, 1.82) is 0 Å². The Kier molecular flexibility index (Phi) is 10.4. The van der Waals surface area contributed by atoms with Crippen LogP contribution in [0.2, 0.25) is 0 Å². The van der Waals surface area contributed by atoms with Crippen LogP contribution in [0.1, 0.15) is 71.1 Å². The van der Waals surface area contributed by atoms with Crippen LogP contribution in [0.5, 0.6) is 11.5 Å². The lowest BCUT2D eigenvalue weighted by Gasteiger charge is -2.08. The number of rotatable bonds is 14. The molecule has 2 aromatic carbocycles. The summed E-state index contributed by atoms with van der Waals surface area (Å²) in [6, 6.07) is 11.1. The fraction of sp³-hybridized carbons (Fsp3) is 0.458. The molecule has 0 fully saturated rings. The molecule has 1 radical (unpaired) electrons. The summed E-state index contributed by atoms with van der Waals surface area (Å²) in [7, 11) is -3.69. The summed E-state index contributed by atoms with van der Waals surface area (Å²) in [5, 5.41) is 19.1. The zero-order chi connectivity index (χ0) is 22.5. The zero-order valence-corrected chi connectivity index (χ0v) is 18.9. The highest BCUT2D eigenvalue weighted by molar-refractivity contribution is 7.91. The van der Waals surface area contributed by atoms with E-state index in [1.54, 1.807) is 0 Å².